The molecule has 0 aromatic heterocycles. The number of Topliss-reactive ketones (excluding diaryl/α,β-unsaturated/α-hetero) is 1. The molecule has 5 amide bonds. The van der Waals surface area contributed by atoms with Crippen LogP contribution in [0.4, 0.5) is 4.79 Å². The van der Waals surface area contributed by atoms with Gasteiger partial charge in [0.05, 0.1) is 12.3 Å². The molecular weight excluding hydrogens is 624 g/mol. The van der Waals surface area contributed by atoms with E-state index in [-0.39, 0.29) is 30.8 Å². The zero-order valence-corrected chi connectivity index (χ0v) is 30.0. The van der Waals surface area contributed by atoms with E-state index in [1.54, 1.807) is 4.90 Å². The van der Waals surface area contributed by atoms with Crippen molar-refractivity contribution >= 4 is 39.6 Å². The molecule has 2 saturated carbocycles. The molecule has 1 heterocycles. The Bertz CT molecular complexity index is 1310. The minimum atomic E-state index is -3.50. The van der Waals surface area contributed by atoms with Gasteiger partial charge in [-0.25, -0.2) is 17.5 Å². The summed E-state index contributed by atoms with van der Waals surface area (Å²) >= 11 is 0. The van der Waals surface area contributed by atoms with Crippen LogP contribution in [0.5, 0.6) is 0 Å². The average Bonchev–Trinajstić information content (AvgIpc) is 3.58. The molecule has 3 rings (SSSR count). The van der Waals surface area contributed by atoms with Gasteiger partial charge in [0.15, 0.2) is 0 Å². The maximum Gasteiger partial charge on any atom is 0.315 e. The van der Waals surface area contributed by atoms with Crippen LogP contribution < -0.4 is 21.3 Å². The van der Waals surface area contributed by atoms with Gasteiger partial charge in [-0.15, -0.1) is 6.58 Å². The van der Waals surface area contributed by atoms with Crippen molar-refractivity contribution in [1.29, 1.82) is 0 Å². The summed E-state index contributed by atoms with van der Waals surface area (Å²) in [6.07, 6.45) is 9.36. The first-order valence-corrected chi connectivity index (χ1v) is 18.7. The summed E-state index contributed by atoms with van der Waals surface area (Å²) in [6, 6.07) is -4.02. The van der Waals surface area contributed by atoms with E-state index in [2.05, 4.69) is 27.8 Å². The molecule has 0 radical (unpaired) electrons. The lowest BCUT2D eigenvalue weighted by atomic mass is 9.70. The number of urea groups is 1. The van der Waals surface area contributed by atoms with Gasteiger partial charge >= 0.3 is 6.03 Å². The van der Waals surface area contributed by atoms with Crippen molar-refractivity contribution < 1.29 is 32.4 Å². The van der Waals surface area contributed by atoms with Crippen LogP contribution in [0, 0.1) is 22.7 Å². The van der Waals surface area contributed by atoms with Gasteiger partial charge in [0, 0.05) is 32.7 Å². The van der Waals surface area contributed by atoms with Gasteiger partial charge in [-0.1, -0.05) is 59.5 Å². The Kier molecular flexibility index (Phi) is 12.7. The molecular formula is C33H56N6O7S. The average molecular weight is 681 g/mol. The number of carbonyl (C=O) groups excluding carboxylic acids is 5. The number of sulfonamides is 1. The molecule has 3 aliphatic rings. The molecule has 0 spiro atoms. The highest BCUT2D eigenvalue weighted by Gasteiger charge is 2.53. The molecule has 3 fully saturated rings. The van der Waals surface area contributed by atoms with Crippen LogP contribution in [0.3, 0.4) is 0 Å². The lowest BCUT2D eigenvalue weighted by molar-refractivity contribution is -0.145. The maximum atomic E-state index is 14.6. The third-order valence-corrected chi connectivity index (χ3v) is 11.7. The third kappa shape index (κ3) is 9.55. The highest BCUT2D eigenvalue weighted by molar-refractivity contribution is 7.88. The zero-order chi connectivity index (χ0) is 35.3. The number of rotatable bonds is 13. The van der Waals surface area contributed by atoms with Crippen molar-refractivity contribution in [2.45, 2.75) is 110 Å². The number of hydrogen-bond acceptors (Lipinski definition) is 7. The first-order chi connectivity index (χ1) is 21.8. The SMILES string of the molecule is C=CCNC(=O)C(=O)C(C)NC(=O)[C@@H]1[C@H]2CCC[C@H]2CN1C(=O)[C@@H](NC(=O)N[C@H](CN(C)S(C)(=O)=O)C(C)(C)C)C1(C)CCCCC1. The number of likely N-dealkylation sites (tertiary alicyclic amines) is 1. The molecule has 13 nitrogen and oxygen atoms in total. The smallest absolute Gasteiger partial charge is 0.315 e. The molecule has 1 saturated heterocycles. The number of fused-ring (bicyclic) bond motifs is 1. The summed E-state index contributed by atoms with van der Waals surface area (Å²) in [7, 11) is -2.04. The van der Waals surface area contributed by atoms with Crippen LogP contribution in [0.1, 0.15) is 86.0 Å². The molecule has 4 N–H and O–H groups in total. The van der Waals surface area contributed by atoms with Gasteiger partial charge in [-0.2, -0.15) is 0 Å². The van der Waals surface area contributed by atoms with E-state index >= 15 is 0 Å². The van der Waals surface area contributed by atoms with E-state index in [4.69, 9.17) is 0 Å². The normalized spacial score (nSPS) is 24.4. The number of likely N-dealkylation sites (N-methyl/N-ethyl adjacent to an activating group) is 1. The van der Waals surface area contributed by atoms with Crippen molar-refractivity contribution in [3.63, 3.8) is 0 Å². The van der Waals surface area contributed by atoms with Gasteiger partial charge in [-0.05, 0) is 55.3 Å². The van der Waals surface area contributed by atoms with E-state index in [0.29, 0.717) is 19.4 Å². The predicted octanol–water partition coefficient (Wildman–Crippen LogP) is 1.93. The maximum absolute atomic E-state index is 14.6. The number of nitrogens with one attached hydrogen (secondary N) is 4. The van der Waals surface area contributed by atoms with Crippen LogP contribution in [0.15, 0.2) is 12.7 Å². The number of carbonyl (C=O) groups is 5. The second-order valence-electron chi connectivity index (χ2n) is 15.1. The minimum Gasteiger partial charge on any atom is -0.346 e. The van der Waals surface area contributed by atoms with E-state index in [1.807, 2.05) is 27.7 Å². The van der Waals surface area contributed by atoms with Crippen LogP contribution in [-0.4, -0.2) is 104 Å². The lowest BCUT2D eigenvalue weighted by Crippen LogP contribution is -2.63. The first-order valence-electron chi connectivity index (χ1n) is 16.8. The van der Waals surface area contributed by atoms with Gasteiger partial charge < -0.3 is 26.2 Å². The number of hydrogen-bond donors (Lipinski definition) is 4. The summed E-state index contributed by atoms with van der Waals surface area (Å²) in [5.41, 5.74) is -1.07. The number of ketones is 1. The topological polar surface area (TPSA) is 174 Å². The fourth-order valence-electron chi connectivity index (χ4n) is 7.29. The van der Waals surface area contributed by atoms with Crippen LogP contribution in [0.25, 0.3) is 0 Å². The Morgan fingerprint density at radius 2 is 1.66 bits per heavy atom. The van der Waals surface area contributed by atoms with Crippen LogP contribution in [0.2, 0.25) is 0 Å². The van der Waals surface area contributed by atoms with E-state index < -0.39 is 68.6 Å². The lowest BCUT2D eigenvalue weighted by Gasteiger charge is -2.43. The summed E-state index contributed by atoms with van der Waals surface area (Å²) in [4.78, 5) is 68.7. The fourth-order valence-corrected chi connectivity index (χ4v) is 7.71. The van der Waals surface area contributed by atoms with Crippen LogP contribution in [-0.2, 0) is 29.2 Å². The van der Waals surface area contributed by atoms with Crippen molar-refractivity contribution in [3.05, 3.63) is 12.7 Å². The number of nitrogens with zero attached hydrogens (tertiary/aromatic N) is 2. The molecule has 6 atom stereocenters. The highest BCUT2D eigenvalue weighted by atomic mass is 32.2. The predicted molar refractivity (Wildman–Crippen MR) is 180 cm³/mol. The molecule has 0 aromatic rings. The molecule has 266 valence electrons. The summed E-state index contributed by atoms with van der Waals surface area (Å²) < 4.78 is 25.5. The van der Waals surface area contributed by atoms with Crippen molar-refractivity contribution in [3.8, 4) is 0 Å². The Labute approximate surface area is 280 Å². The Balaban J connectivity index is 1.88. The monoisotopic (exact) mass is 680 g/mol. The van der Waals surface area contributed by atoms with Crippen molar-refractivity contribution in [2.75, 3.05) is 32.9 Å². The Hall–Kier alpha value is -3.00. The fraction of sp³-hybridized carbons (Fsp3) is 0.788. The first kappa shape index (κ1) is 38.4. The molecule has 1 unspecified atom stereocenters. The summed E-state index contributed by atoms with van der Waals surface area (Å²) in [5.74, 6) is -2.43. The standard InChI is InChI=1S/C33H56N6O7S/c1-9-18-34-29(42)26(40)21(2)35-28(41)25-23-15-13-14-22(23)19-39(25)30(43)27(33(6)16-11-10-12-17-33)37-31(44)36-24(32(3,4)5)20-38(7)47(8,45)46/h9,21-25,27H,1,10-20H2,2-8H3,(H,34,42)(H,35,41)(H2,36,37,44)/t21?,22-,23-,24+,25-,27+/m0/s1. The van der Waals surface area contributed by atoms with Crippen molar-refractivity contribution in [2.24, 2.45) is 22.7 Å². The van der Waals surface area contributed by atoms with E-state index in [9.17, 15) is 32.4 Å². The van der Waals surface area contributed by atoms with Gasteiger partial charge in [0.25, 0.3) is 5.91 Å². The summed E-state index contributed by atoms with van der Waals surface area (Å²) in [5, 5.41) is 11.1. The molecule has 47 heavy (non-hydrogen) atoms. The Morgan fingerprint density at radius 3 is 2.23 bits per heavy atom. The van der Waals surface area contributed by atoms with Gasteiger partial charge in [-0.3, -0.25) is 19.2 Å². The van der Waals surface area contributed by atoms with Crippen LogP contribution >= 0.6 is 0 Å². The minimum absolute atomic E-state index is 0.0475. The van der Waals surface area contributed by atoms with E-state index in [1.165, 1.54) is 24.4 Å². The largest absolute Gasteiger partial charge is 0.346 e. The molecule has 0 aromatic carbocycles. The molecule has 0 bridgehead atoms. The molecule has 14 heteroatoms. The summed E-state index contributed by atoms with van der Waals surface area (Å²) in [6.45, 7) is 13.2. The van der Waals surface area contributed by atoms with Crippen molar-refractivity contribution in [1.82, 2.24) is 30.5 Å². The molecule has 2 aliphatic carbocycles. The highest BCUT2D eigenvalue weighted by Crippen LogP contribution is 2.45. The zero-order valence-electron chi connectivity index (χ0n) is 29.2. The second-order valence-corrected chi connectivity index (χ2v) is 17.2. The quantitative estimate of drug-likeness (QED) is 0.170. The third-order valence-electron chi connectivity index (χ3n) is 10.4. The van der Waals surface area contributed by atoms with E-state index in [0.717, 1.165) is 44.8 Å². The van der Waals surface area contributed by atoms with Gasteiger partial charge in [0.2, 0.25) is 27.6 Å². The number of amides is 5. The van der Waals surface area contributed by atoms with Gasteiger partial charge in [0.1, 0.15) is 12.1 Å². The Morgan fingerprint density at radius 1 is 1.02 bits per heavy atom. The second kappa shape index (κ2) is 15.5. The molecule has 1 aliphatic heterocycles.